The zero-order chi connectivity index (χ0) is 15.8. The van der Waals surface area contributed by atoms with Crippen molar-refractivity contribution in [3.05, 3.63) is 33.9 Å². The van der Waals surface area contributed by atoms with Gasteiger partial charge in [-0.25, -0.2) is 0 Å². The summed E-state index contributed by atoms with van der Waals surface area (Å²) in [6, 6.07) is 4.19. The molecule has 0 fully saturated rings. The van der Waals surface area contributed by atoms with E-state index in [9.17, 15) is 20.0 Å². The average Bonchev–Trinajstić information content (AvgIpc) is 2.46. The molecule has 3 N–H and O–H groups in total. The van der Waals surface area contributed by atoms with E-state index in [4.69, 9.17) is 0 Å². The predicted molar refractivity (Wildman–Crippen MR) is 80.5 cm³/mol. The van der Waals surface area contributed by atoms with E-state index in [1.54, 1.807) is 6.92 Å². The van der Waals surface area contributed by atoms with Crippen molar-refractivity contribution in [2.24, 2.45) is 0 Å². The van der Waals surface area contributed by atoms with E-state index >= 15 is 0 Å². The number of hydrogen-bond acceptors (Lipinski definition) is 5. The number of hydrogen-bond donors (Lipinski definition) is 3. The number of carbonyl (C=O) groups excluding carboxylic acids is 1. The van der Waals surface area contributed by atoms with Crippen molar-refractivity contribution in [2.45, 2.75) is 32.8 Å². The lowest BCUT2D eigenvalue weighted by Gasteiger charge is -2.11. The summed E-state index contributed by atoms with van der Waals surface area (Å²) in [5, 5.41) is 26.0. The zero-order valence-corrected chi connectivity index (χ0v) is 12.3. The van der Waals surface area contributed by atoms with Crippen LogP contribution in [0.3, 0.4) is 0 Å². The molecule has 116 valence electrons. The molecule has 1 unspecified atom stereocenters. The van der Waals surface area contributed by atoms with Gasteiger partial charge in [0.05, 0.1) is 11.0 Å². The van der Waals surface area contributed by atoms with Gasteiger partial charge in [-0.1, -0.05) is 6.92 Å². The van der Waals surface area contributed by atoms with Gasteiger partial charge >= 0.3 is 0 Å². The fourth-order valence-corrected chi connectivity index (χ4v) is 1.82. The van der Waals surface area contributed by atoms with Gasteiger partial charge in [0.25, 0.3) is 11.6 Å². The van der Waals surface area contributed by atoms with Gasteiger partial charge in [0, 0.05) is 24.7 Å². The molecule has 1 rings (SSSR count). The van der Waals surface area contributed by atoms with Gasteiger partial charge in [-0.05, 0) is 31.9 Å². The lowest BCUT2D eigenvalue weighted by molar-refractivity contribution is -0.384. The molecule has 0 saturated heterocycles. The van der Waals surface area contributed by atoms with Crippen LogP contribution in [0.5, 0.6) is 0 Å². The standard InChI is InChI=1S/C14H21N3O4/c1-3-11(18)7-8-16-12-9-10(14(19)15-4-2)5-6-13(12)17(20)21/h5-6,9,11,16,18H,3-4,7-8H2,1-2H3,(H,15,19). The van der Waals surface area contributed by atoms with Crippen LogP contribution in [0.25, 0.3) is 0 Å². The Labute approximate surface area is 123 Å². The molecule has 0 bridgehead atoms. The van der Waals surface area contributed by atoms with E-state index in [-0.39, 0.29) is 17.3 Å². The molecule has 7 nitrogen and oxygen atoms in total. The van der Waals surface area contributed by atoms with Crippen molar-refractivity contribution in [1.82, 2.24) is 5.32 Å². The fraction of sp³-hybridized carbons (Fsp3) is 0.500. The molecule has 21 heavy (non-hydrogen) atoms. The predicted octanol–water partition coefficient (Wildman–Crippen LogP) is 1.92. The molecule has 1 aromatic carbocycles. The maximum absolute atomic E-state index is 11.8. The monoisotopic (exact) mass is 295 g/mol. The zero-order valence-electron chi connectivity index (χ0n) is 12.3. The Morgan fingerprint density at radius 1 is 1.43 bits per heavy atom. The summed E-state index contributed by atoms with van der Waals surface area (Å²) in [5.41, 5.74) is 0.557. The van der Waals surface area contributed by atoms with E-state index in [1.165, 1.54) is 18.2 Å². The summed E-state index contributed by atoms with van der Waals surface area (Å²) in [7, 11) is 0. The van der Waals surface area contributed by atoms with Crippen LogP contribution in [-0.4, -0.2) is 35.1 Å². The summed E-state index contributed by atoms with van der Waals surface area (Å²) >= 11 is 0. The van der Waals surface area contributed by atoms with E-state index in [1.807, 2.05) is 6.92 Å². The summed E-state index contributed by atoms with van der Waals surface area (Å²) in [5.74, 6) is -0.274. The van der Waals surface area contributed by atoms with Gasteiger partial charge in [-0.3, -0.25) is 14.9 Å². The minimum atomic E-state index is -0.500. The normalized spacial score (nSPS) is 11.8. The number of aliphatic hydroxyl groups is 1. The first-order valence-corrected chi connectivity index (χ1v) is 6.98. The average molecular weight is 295 g/mol. The first-order chi connectivity index (χ1) is 9.99. The van der Waals surface area contributed by atoms with Crippen molar-refractivity contribution in [3.8, 4) is 0 Å². The molecule has 1 amide bonds. The molecule has 1 aromatic rings. The highest BCUT2D eigenvalue weighted by Gasteiger charge is 2.16. The van der Waals surface area contributed by atoms with Crippen molar-refractivity contribution >= 4 is 17.3 Å². The van der Waals surface area contributed by atoms with Crippen LogP contribution >= 0.6 is 0 Å². The summed E-state index contributed by atoms with van der Waals surface area (Å²) in [4.78, 5) is 22.3. The van der Waals surface area contributed by atoms with Crippen LogP contribution in [0.15, 0.2) is 18.2 Å². The van der Waals surface area contributed by atoms with E-state index < -0.39 is 11.0 Å². The second-order valence-corrected chi connectivity index (χ2v) is 4.63. The molecule has 0 aromatic heterocycles. The third-order valence-electron chi connectivity index (χ3n) is 3.06. The van der Waals surface area contributed by atoms with Gasteiger partial charge < -0.3 is 15.7 Å². The number of nitrogens with one attached hydrogen (secondary N) is 2. The Balaban J connectivity index is 2.88. The number of benzene rings is 1. The largest absolute Gasteiger partial charge is 0.393 e. The first-order valence-electron chi connectivity index (χ1n) is 6.98. The van der Waals surface area contributed by atoms with Crippen LogP contribution < -0.4 is 10.6 Å². The van der Waals surface area contributed by atoms with Crippen LogP contribution in [0.2, 0.25) is 0 Å². The highest BCUT2D eigenvalue weighted by Crippen LogP contribution is 2.25. The molecule has 0 radical (unpaired) electrons. The van der Waals surface area contributed by atoms with Crippen molar-refractivity contribution < 1.29 is 14.8 Å². The lowest BCUT2D eigenvalue weighted by atomic mass is 10.1. The minimum absolute atomic E-state index is 0.0889. The Hall–Kier alpha value is -2.15. The van der Waals surface area contributed by atoms with Gasteiger partial charge in [0.1, 0.15) is 5.69 Å². The van der Waals surface area contributed by atoms with Crippen molar-refractivity contribution in [3.63, 3.8) is 0 Å². The van der Waals surface area contributed by atoms with Crippen LogP contribution in [-0.2, 0) is 0 Å². The molecule has 0 aliphatic carbocycles. The quantitative estimate of drug-likeness (QED) is 0.502. The molecule has 1 atom stereocenters. The number of aliphatic hydroxyl groups excluding tert-OH is 1. The fourth-order valence-electron chi connectivity index (χ4n) is 1.82. The number of nitro groups is 1. The van der Waals surface area contributed by atoms with E-state index in [0.29, 0.717) is 31.5 Å². The number of nitro benzene ring substituents is 1. The molecule has 0 heterocycles. The van der Waals surface area contributed by atoms with Crippen LogP contribution in [0, 0.1) is 10.1 Å². The second-order valence-electron chi connectivity index (χ2n) is 4.63. The Bertz CT molecular complexity index is 505. The smallest absolute Gasteiger partial charge is 0.292 e. The number of carbonyl (C=O) groups is 1. The summed E-state index contributed by atoms with van der Waals surface area (Å²) in [6.45, 7) is 4.55. The van der Waals surface area contributed by atoms with Crippen molar-refractivity contribution in [1.29, 1.82) is 0 Å². The number of anilines is 1. The maximum atomic E-state index is 11.8. The van der Waals surface area contributed by atoms with E-state index in [2.05, 4.69) is 10.6 Å². The Morgan fingerprint density at radius 2 is 2.14 bits per heavy atom. The third-order valence-corrected chi connectivity index (χ3v) is 3.06. The van der Waals surface area contributed by atoms with Gasteiger partial charge in [-0.15, -0.1) is 0 Å². The second kappa shape index (κ2) is 8.21. The third kappa shape index (κ3) is 5.03. The highest BCUT2D eigenvalue weighted by molar-refractivity contribution is 5.95. The summed E-state index contributed by atoms with van der Waals surface area (Å²) < 4.78 is 0. The number of amides is 1. The van der Waals surface area contributed by atoms with Gasteiger partial charge in [0.15, 0.2) is 0 Å². The van der Waals surface area contributed by atoms with Gasteiger partial charge in [-0.2, -0.15) is 0 Å². The summed E-state index contributed by atoms with van der Waals surface area (Å²) in [6.07, 6.45) is 0.671. The van der Waals surface area contributed by atoms with E-state index in [0.717, 1.165) is 0 Å². The first kappa shape index (κ1) is 16.9. The molecule has 0 aliphatic heterocycles. The molecular formula is C14H21N3O4. The topological polar surface area (TPSA) is 104 Å². The minimum Gasteiger partial charge on any atom is -0.393 e. The number of nitrogens with zero attached hydrogens (tertiary/aromatic N) is 1. The van der Waals surface area contributed by atoms with Crippen molar-refractivity contribution in [2.75, 3.05) is 18.4 Å². The highest BCUT2D eigenvalue weighted by atomic mass is 16.6. The molecule has 0 saturated carbocycles. The molecular weight excluding hydrogens is 274 g/mol. The SMILES string of the molecule is CCNC(=O)c1ccc([N+](=O)[O-])c(NCCC(O)CC)c1. The molecule has 0 spiro atoms. The molecule has 0 aliphatic rings. The Morgan fingerprint density at radius 3 is 2.71 bits per heavy atom. The lowest BCUT2D eigenvalue weighted by Crippen LogP contribution is -2.23. The van der Waals surface area contributed by atoms with Gasteiger partial charge in [0.2, 0.25) is 0 Å². The van der Waals surface area contributed by atoms with Crippen LogP contribution in [0.4, 0.5) is 11.4 Å². The maximum Gasteiger partial charge on any atom is 0.292 e. The Kier molecular flexibility index (Phi) is 6.61. The van der Waals surface area contributed by atoms with Crippen LogP contribution in [0.1, 0.15) is 37.0 Å². The molecule has 7 heteroatoms. The number of rotatable bonds is 8.